The largest absolute Gasteiger partial charge is 0.364 e. The summed E-state index contributed by atoms with van der Waals surface area (Å²) in [4.78, 5) is 0. The normalized spacial score (nSPS) is 10.7. The van der Waals surface area contributed by atoms with Gasteiger partial charge in [-0.05, 0) is 24.4 Å². The number of thiocarbonyl (C=S) groups is 1. The van der Waals surface area contributed by atoms with Crippen LogP contribution in [0.15, 0.2) is 72.0 Å². The summed E-state index contributed by atoms with van der Waals surface area (Å²) in [6.45, 7) is 0. The lowest BCUT2D eigenvalue weighted by Crippen LogP contribution is -2.28. The molecule has 120 valence electrons. The number of rotatable bonds is 4. The van der Waals surface area contributed by atoms with Crippen LogP contribution in [-0.2, 0) is 0 Å². The quantitative estimate of drug-likeness (QED) is 0.437. The van der Waals surface area contributed by atoms with E-state index in [9.17, 15) is 0 Å². The maximum absolute atomic E-state index is 5.02. The molecule has 2 aromatic carbocycles. The second kappa shape index (κ2) is 7.52. The SMILES string of the molecule is CNC(=S)N/N=C/c1cn(-c2ccccc2)nc1-c1ccccc1. The Morgan fingerprint density at radius 1 is 1.08 bits per heavy atom. The molecule has 6 heteroatoms. The fourth-order valence-electron chi connectivity index (χ4n) is 2.23. The highest BCUT2D eigenvalue weighted by Crippen LogP contribution is 2.22. The Balaban J connectivity index is 1.99. The number of para-hydroxylation sites is 1. The van der Waals surface area contributed by atoms with E-state index in [4.69, 9.17) is 17.3 Å². The van der Waals surface area contributed by atoms with Crippen LogP contribution in [0.25, 0.3) is 16.9 Å². The Morgan fingerprint density at radius 2 is 1.75 bits per heavy atom. The Labute approximate surface area is 146 Å². The molecule has 3 rings (SSSR count). The van der Waals surface area contributed by atoms with Gasteiger partial charge in [-0.2, -0.15) is 10.2 Å². The summed E-state index contributed by atoms with van der Waals surface area (Å²) >= 11 is 5.02. The van der Waals surface area contributed by atoms with Crippen LogP contribution in [0.1, 0.15) is 5.56 Å². The maximum atomic E-state index is 5.02. The minimum atomic E-state index is 0.461. The third-order valence-corrected chi connectivity index (χ3v) is 3.70. The topological polar surface area (TPSA) is 54.2 Å². The fourth-order valence-corrected chi connectivity index (χ4v) is 2.28. The van der Waals surface area contributed by atoms with Gasteiger partial charge < -0.3 is 5.32 Å². The summed E-state index contributed by atoms with van der Waals surface area (Å²) in [5.74, 6) is 0. The lowest BCUT2D eigenvalue weighted by Gasteiger charge is -2.00. The number of benzene rings is 2. The molecular formula is C18H17N5S. The fraction of sp³-hybridized carbons (Fsp3) is 0.0556. The minimum Gasteiger partial charge on any atom is -0.364 e. The van der Waals surface area contributed by atoms with E-state index in [1.165, 1.54) is 0 Å². The molecule has 0 atom stereocenters. The summed E-state index contributed by atoms with van der Waals surface area (Å²) in [5, 5.41) is 12.2. The smallest absolute Gasteiger partial charge is 0.186 e. The molecule has 24 heavy (non-hydrogen) atoms. The molecule has 1 heterocycles. The Morgan fingerprint density at radius 3 is 2.42 bits per heavy atom. The monoisotopic (exact) mass is 335 g/mol. The van der Waals surface area contributed by atoms with Crippen molar-refractivity contribution in [3.05, 3.63) is 72.4 Å². The Hall–Kier alpha value is -2.99. The number of nitrogens with zero attached hydrogens (tertiary/aromatic N) is 3. The molecule has 0 saturated carbocycles. The Bertz CT molecular complexity index is 840. The van der Waals surface area contributed by atoms with Crippen molar-refractivity contribution in [2.45, 2.75) is 0 Å². The minimum absolute atomic E-state index is 0.461. The van der Waals surface area contributed by atoms with Gasteiger partial charge in [0.2, 0.25) is 0 Å². The molecule has 0 aliphatic rings. The van der Waals surface area contributed by atoms with Crippen molar-refractivity contribution in [2.75, 3.05) is 7.05 Å². The first kappa shape index (κ1) is 15.9. The average molecular weight is 335 g/mol. The molecule has 0 amide bonds. The van der Waals surface area contributed by atoms with Crippen LogP contribution in [-0.4, -0.2) is 28.2 Å². The first-order chi connectivity index (χ1) is 11.8. The highest BCUT2D eigenvalue weighted by Gasteiger charge is 2.10. The highest BCUT2D eigenvalue weighted by molar-refractivity contribution is 7.80. The molecular weight excluding hydrogens is 318 g/mol. The van der Waals surface area contributed by atoms with E-state index in [-0.39, 0.29) is 0 Å². The van der Waals surface area contributed by atoms with Crippen molar-refractivity contribution in [1.29, 1.82) is 0 Å². The number of hydrogen-bond donors (Lipinski definition) is 2. The number of hydrazone groups is 1. The van der Waals surface area contributed by atoms with E-state index in [0.717, 1.165) is 22.5 Å². The molecule has 3 aromatic rings. The van der Waals surface area contributed by atoms with E-state index in [1.54, 1.807) is 13.3 Å². The summed E-state index contributed by atoms with van der Waals surface area (Å²) in [6, 6.07) is 20.0. The van der Waals surface area contributed by atoms with Gasteiger partial charge in [0.1, 0.15) is 5.69 Å². The molecule has 0 aliphatic heterocycles. The highest BCUT2D eigenvalue weighted by atomic mass is 32.1. The number of hydrogen-bond acceptors (Lipinski definition) is 3. The van der Waals surface area contributed by atoms with Gasteiger partial charge >= 0.3 is 0 Å². The molecule has 0 aliphatic carbocycles. The molecule has 0 unspecified atom stereocenters. The van der Waals surface area contributed by atoms with Crippen molar-refractivity contribution in [2.24, 2.45) is 5.10 Å². The van der Waals surface area contributed by atoms with Gasteiger partial charge in [-0.25, -0.2) is 4.68 Å². The second-order valence-corrected chi connectivity index (χ2v) is 5.44. The molecule has 1 aromatic heterocycles. The zero-order valence-corrected chi connectivity index (χ0v) is 14.0. The molecule has 2 N–H and O–H groups in total. The maximum Gasteiger partial charge on any atom is 0.186 e. The van der Waals surface area contributed by atoms with Crippen molar-refractivity contribution in [3.8, 4) is 16.9 Å². The predicted octanol–water partition coefficient (Wildman–Crippen LogP) is 2.97. The van der Waals surface area contributed by atoms with Crippen LogP contribution in [0, 0.1) is 0 Å². The summed E-state index contributed by atoms with van der Waals surface area (Å²) < 4.78 is 1.85. The third-order valence-electron chi connectivity index (χ3n) is 3.41. The van der Waals surface area contributed by atoms with E-state index in [1.807, 2.05) is 71.5 Å². The van der Waals surface area contributed by atoms with E-state index >= 15 is 0 Å². The van der Waals surface area contributed by atoms with Gasteiger partial charge in [0, 0.05) is 24.4 Å². The van der Waals surface area contributed by atoms with Crippen LogP contribution >= 0.6 is 12.2 Å². The molecule has 0 radical (unpaired) electrons. The first-order valence-corrected chi connectivity index (χ1v) is 7.90. The summed E-state index contributed by atoms with van der Waals surface area (Å²) in [7, 11) is 1.74. The van der Waals surface area contributed by atoms with Gasteiger partial charge in [-0.3, -0.25) is 5.43 Å². The lowest BCUT2D eigenvalue weighted by atomic mass is 10.1. The predicted molar refractivity (Wildman–Crippen MR) is 101 cm³/mol. The molecule has 0 fully saturated rings. The van der Waals surface area contributed by atoms with Gasteiger partial charge in [-0.1, -0.05) is 48.5 Å². The summed E-state index contributed by atoms with van der Waals surface area (Å²) in [5.41, 5.74) is 6.55. The molecule has 0 spiro atoms. The molecule has 5 nitrogen and oxygen atoms in total. The first-order valence-electron chi connectivity index (χ1n) is 7.49. The Kier molecular flexibility index (Phi) is 4.98. The third kappa shape index (κ3) is 3.67. The van der Waals surface area contributed by atoms with Crippen LogP contribution in [0.2, 0.25) is 0 Å². The lowest BCUT2D eigenvalue weighted by molar-refractivity contribution is 0.884. The molecule has 0 bridgehead atoms. The van der Waals surface area contributed by atoms with Crippen molar-refractivity contribution < 1.29 is 0 Å². The zero-order chi connectivity index (χ0) is 16.8. The van der Waals surface area contributed by atoms with E-state index in [0.29, 0.717) is 5.11 Å². The van der Waals surface area contributed by atoms with E-state index < -0.39 is 0 Å². The van der Waals surface area contributed by atoms with Crippen LogP contribution in [0.3, 0.4) is 0 Å². The number of nitrogens with one attached hydrogen (secondary N) is 2. The second-order valence-electron chi connectivity index (χ2n) is 5.03. The van der Waals surface area contributed by atoms with Crippen LogP contribution < -0.4 is 10.7 Å². The zero-order valence-electron chi connectivity index (χ0n) is 13.2. The van der Waals surface area contributed by atoms with Crippen LogP contribution in [0.5, 0.6) is 0 Å². The van der Waals surface area contributed by atoms with Crippen LogP contribution in [0.4, 0.5) is 0 Å². The average Bonchev–Trinajstić information content (AvgIpc) is 3.07. The van der Waals surface area contributed by atoms with Crippen molar-refractivity contribution >= 4 is 23.5 Å². The van der Waals surface area contributed by atoms with Crippen molar-refractivity contribution in [3.63, 3.8) is 0 Å². The van der Waals surface area contributed by atoms with E-state index in [2.05, 4.69) is 15.8 Å². The molecule has 0 saturated heterocycles. The van der Waals surface area contributed by atoms with Gasteiger partial charge in [0.05, 0.1) is 11.9 Å². The summed E-state index contributed by atoms with van der Waals surface area (Å²) in [6.07, 6.45) is 3.67. The van der Waals surface area contributed by atoms with Gasteiger partial charge in [0.15, 0.2) is 5.11 Å². The van der Waals surface area contributed by atoms with Gasteiger partial charge in [0.25, 0.3) is 0 Å². The number of aromatic nitrogens is 2. The standard InChI is InChI=1S/C18H17N5S/c1-19-18(24)21-20-12-15-13-23(16-10-6-3-7-11-16)22-17(15)14-8-4-2-5-9-14/h2-13H,1H3,(H2,19,21,24)/b20-12+. The van der Waals surface area contributed by atoms with Crippen molar-refractivity contribution in [1.82, 2.24) is 20.5 Å². The van der Waals surface area contributed by atoms with Gasteiger partial charge in [-0.15, -0.1) is 0 Å².